The molecule has 2 atom stereocenters. The summed E-state index contributed by atoms with van der Waals surface area (Å²) in [5, 5.41) is 7.60. The molecule has 8 nitrogen and oxygen atoms in total. The second-order valence-electron chi connectivity index (χ2n) is 9.48. The number of ether oxygens (including phenoxy) is 2. The maximum Gasteiger partial charge on any atom is 0.250 e. The van der Waals surface area contributed by atoms with Crippen LogP contribution in [0.25, 0.3) is 5.69 Å². The highest BCUT2D eigenvalue weighted by Gasteiger charge is 2.42. The number of carbonyl (C=O) groups excluding carboxylic acids is 1. The monoisotopic (exact) mass is 575 g/mol. The maximum atomic E-state index is 12.4. The minimum atomic E-state index is -0.286. The number of halogens is 1. The van der Waals surface area contributed by atoms with Crippen LogP contribution < -0.4 is 20.3 Å². The number of para-hydroxylation sites is 1. The van der Waals surface area contributed by atoms with E-state index in [0.29, 0.717) is 21.6 Å². The molecule has 1 amide bonds. The third-order valence-electron chi connectivity index (χ3n) is 6.99. The van der Waals surface area contributed by atoms with Crippen LogP contribution in [-0.4, -0.2) is 41.4 Å². The van der Waals surface area contributed by atoms with Crippen LogP contribution in [0.3, 0.4) is 0 Å². The normalized spacial score (nSPS) is 16.6. The highest BCUT2D eigenvalue weighted by atomic mass is 35.5. The van der Waals surface area contributed by atoms with Gasteiger partial charge in [-0.25, -0.2) is 0 Å². The van der Waals surface area contributed by atoms with Crippen molar-refractivity contribution in [1.82, 2.24) is 14.9 Å². The largest absolute Gasteiger partial charge is 0.495 e. The third-order valence-corrected chi connectivity index (χ3v) is 7.63. The van der Waals surface area contributed by atoms with E-state index >= 15 is 0 Å². The first-order valence-corrected chi connectivity index (χ1v) is 13.5. The van der Waals surface area contributed by atoms with Crippen molar-refractivity contribution >= 4 is 46.2 Å². The van der Waals surface area contributed by atoms with E-state index in [0.717, 1.165) is 34.0 Å². The number of aromatic nitrogens is 2. The summed E-state index contributed by atoms with van der Waals surface area (Å²) in [5.41, 5.74) is 6.23. The Bertz CT molecular complexity index is 1560. The zero-order valence-electron chi connectivity index (χ0n) is 22.6. The molecule has 0 unspecified atom stereocenters. The summed E-state index contributed by atoms with van der Waals surface area (Å²) in [4.78, 5) is 19.1. The van der Waals surface area contributed by atoms with Gasteiger partial charge in [0.25, 0.3) is 0 Å². The number of pyridine rings is 1. The lowest BCUT2D eigenvalue weighted by atomic mass is 9.96. The molecule has 10 heteroatoms. The molecule has 0 spiro atoms. The van der Waals surface area contributed by atoms with Gasteiger partial charge in [0.15, 0.2) is 5.11 Å². The number of benzene rings is 2. The van der Waals surface area contributed by atoms with Crippen LogP contribution in [0, 0.1) is 13.8 Å². The number of methoxy groups -OCH3 is 2. The summed E-state index contributed by atoms with van der Waals surface area (Å²) in [5.74, 6) is 0.243. The van der Waals surface area contributed by atoms with Gasteiger partial charge < -0.3 is 29.6 Å². The van der Waals surface area contributed by atoms with E-state index < -0.39 is 0 Å². The van der Waals surface area contributed by atoms with Crippen LogP contribution in [0.5, 0.6) is 5.75 Å². The van der Waals surface area contributed by atoms with E-state index in [-0.39, 0.29) is 24.6 Å². The average Bonchev–Trinajstić information content (AvgIpc) is 3.44. The van der Waals surface area contributed by atoms with Crippen LogP contribution in [-0.2, 0) is 9.53 Å². The summed E-state index contributed by atoms with van der Waals surface area (Å²) in [6.07, 6.45) is 1.78. The first-order valence-electron chi connectivity index (χ1n) is 12.7. The molecule has 2 aromatic heterocycles. The van der Waals surface area contributed by atoms with Crippen molar-refractivity contribution in [2.45, 2.75) is 25.9 Å². The predicted octanol–water partition coefficient (Wildman–Crippen LogP) is 5.91. The predicted molar refractivity (Wildman–Crippen MR) is 162 cm³/mol. The third kappa shape index (κ3) is 5.15. The lowest BCUT2D eigenvalue weighted by Crippen LogP contribution is -2.29. The topological polar surface area (TPSA) is 80.7 Å². The molecule has 0 saturated carbocycles. The Kier molecular flexibility index (Phi) is 8.07. The Hall–Kier alpha value is -3.92. The van der Waals surface area contributed by atoms with Crippen LogP contribution in [0.2, 0.25) is 5.02 Å². The smallest absolute Gasteiger partial charge is 0.250 e. The molecule has 206 valence electrons. The molecule has 5 rings (SSSR count). The lowest BCUT2D eigenvalue weighted by Gasteiger charge is -2.29. The van der Waals surface area contributed by atoms with E-state index in [1.54, 1.807) is 13.3 Å². The summed E-state index contributed by atoms with van der Waals surface area (Å²) in [7, 11) is 3.04. The fourth-order valence-electron chi connectivity index (χ4n) is 5.30. The Morgan fingerprint density at radius 3 is 2.58 bits per heavy atom. The summed E-state index contributed by atoms with van der Waals surface area (Å²) >= 11 is 12.6. The highest BCUT2D eigenvalue weighted by molar-refractivity contribution is 7.80. The van der Waals surface area contributed by atoms with Crippen molar-refractivity contribution in [3.8, 4) is 11.4 Å². The molecule has 1 fully saturated rings. The summed E-state index contributed by atoms with van der Waals surface area (Å²) in [6.45, 7) is 4.08. The average molecular weight is 576 g/mol. The van der Waals surface area contributed by atoms with Gasteiger partial charge in [-0.1, -0.05) is 29.8 Å². The molecular weight excluding hydrogens is 546 g/mol. The number of hydrogen-bond acceptors (Lipinski definition) is 5. The first-order chi connectivity index (χ1) is 19.3. The number of hydrogen-bond donors (Lipinski definition) is 2. The maximum absolute atomic E-state index is 12.4. The van der Waals surface area contributed by atoms with Crippen molar-refractivity contribution in [3.05, 3.63) is 101 Å². The second kappa shape index (κ2) is 11.7. The molecule has 1 aliphatic heterocycles. The van der Waals surface area contributed by atoms with Crippen LogP contribution in [0.1, 0.15) is 34.7 Å². The van der Waals surface area contributed by atoms with Gasteiger partial charge in [0.2, 0.25) is 5.91 Å². The van der Waals surface area contributed by atoms with E-state index in [1.165, 1.54) is 7.11 Å². The summed E-state index contributed by atoms with van der Waals surface area (Å²) < 4.78 is 12.7. The van der Waals surface area contributed by atoms with Crippen LogP contribution in [0.15, 0.2) is 72.9 Å². The molecule has 1 aliphatic rings. The van der Waals surface area contributed by atoms with E-state index in [9.17, 15) is 4.79 Å². The number of rotatable bonds is 8. The van der Waals surface area contributed by atoms with E-state index in [4.69, 9.17) is 33.3 Å². The molecule has 0 aliphatic carbocycles. The van der Waals surface area contributed by atoms with Gasteiger partial charge in [-0.05, 0) is 80.2 Å². The molecule has 4 aromatic rings. The first kappa shape index (κ1) is 27.6. The van der Waals surface area contributed by atoms with Crippen molar-refractivity contribution < 1.29 is 14.3 Å². The van der Waals surface area contributed by atoms with Crippen LogP contribution in [0.4, 0.5) is 11.4 Å². The second-order valence-corrected chi connectivity index (χ2v) is 10.3. The van der Waals surface area contributed by atoms with Gasteiger partial charge in [0.1, 0.15) is 12.4 Å². The van der Waals surface area contributed by atoms with Crippen LogP contribution >= 0.6 is 23.8 Å². The van der Waals surface area contributed by atoms with Crippen molar-refractivity contribution in [3.63, 3.8) is 0 Å². The number of thiocarbonyl (C=S) groups is 1. The number of carbonyl (C=O) groups is 1. The molecule has 3 heterocycles. The van der Waals surface area contributed by atoms with E-state index in [2.05, 4.69) is 45.0 Å². The van der Waals surface area contributed by atoms with Gasteiger partial charge in [0, 0.05) is 30.4 Å². The van der Waals surface area contributed by atoms with Gasteiger partial charge >= 0.3 is 0 Å². The molecular formula is C30H30ClN5O3S. The van der Waals surface area contributed by atoms with Crippen molar-refractivity contribution in [2.75, 3.05) is 31.0 Å². The van der Waals surface area contributed by atoms with Crippen molar-refractivity contribution in [1.29, 1.82) is 0 Å². The molecule has 0 radical (unpaired) electrons. The lowest BCUT2D eigenvalue weighted by molar-refractivity contribution is -0.119. The minimum absolute atomic E-state index is 0.0739. The fourth-order valence-corrected chi connectivity index (χ4v) is 5.87. The molecule has 0 bridgehead atoms. The number of anilines is 2. The Balaban J connectivity index is 1.66. The SMILES string of the molecule is COCC(=O)Nc1cc(N2C(=S)N[C@@H](c3ccccn3)[C@@H]2c2cc(C)n(-c3ccccc3Cl)c2C)ccc1OC. The number of amides is 1. The van der Waals surface area contributed by atoms with Gasteiger partial charge in [-0.15, -0.1) is 0 Å². The fraction of sp³-hybridized carbons (Fsp3) is 0.233. The number of nitrogens with zero attached hydrogens (tertiary/aromatic N) is 3. The van der Waals surface area contributed by atoms with Crippen molar-refractivity contribution in [2.24, 2.45) is 0 Å². The standard InChI is InChI=1S/C30H30ClN5O3S/c1-18-15-21(19(2)35(18)25-11-6-5-9-22(25)31)29-28(23-10-7-8-14-32-23)34-30(40)36(29)20-12-13-26(39-4)24(16-20)33-27(37)17-38-3/h5-16,28-29H,17H2,1-4H3,(H,33,37)(H,34,40)/t28-,29-/m0/s1. The van der Waals surface area contributed by atoms with Gasteiger partial charge in [-0.2, -0.15) is 0 Å². The highest BCUT2D eigenvalue weighted by Crippen LogP contribution is 2.45. The summed E-state index contributed by atoms with van der Waals surface area (Å²) in [6, 6.07) is 21.0. The Morgan fingerprint density at radius 2 is 1.88 bits per heavy atom. The number of aryl methyl sites for hydroxylation is 1. The minimum Gasteiger partial charge on any atom is -0.495 e. The molecule has 2 aromatic carbocycles. The van der Waals surface area contributed by atoms with Gasteiger partial charge in [0.05, 0.1) is 41.3 Å². The van der Waals surface area contributed by atoms with E-state index in [1.807, 2.05) is 60.7 Å². The Morgan fingerprint density at radius 1 is 1.10 bits per heavy atom. The van der Waals surface area contributed by atoms with Gasteiger partial charge in [-0.3, -0.25) is 9.78 Å². The molecule has 40 heavy (non-hydrogen) atoms. The molecule has 2 N–H and O–H groups in total. The quantitative estimate of drug-likeness (QED) is 0.253. The number of nitrogens with one attached hydrogen (secondary N) is 2. The zero-order valence-corrected chi connectivity index (χ0v) is 24.2. The zero-order chi connectivity index (χ0) is 28.4. The Labute approximate surface area is 243 Å². The molecule has 1 saturated heterocycles.